The minimum atomic E-state index is -0.330. The molecule has 2 aromatic carbocycles. The van der Waals surface area contributed by atoms with E-state index in [9.17, 15) is 14.0 Å². The molecule has 1 aliphatic rings. The zero-order chi connectivity index (χ0) is 17.8. The zero-order valence-corrected chi connectivity index (χ0v) is 14.4. The van der Waals surface area contributed by atoms with Crippen molar-refractivity contribution in [2.24, 2.45) is 0 Å². The van der Waals surface area contributed by atoms with E-state index in [1.807, 2.05) is 6.07 Å². The van der Waals surface area contributed by atoms with Crippen molar-refractivity contribution in [3.05, 3.63) is 70.4 Å². The van der Waals surface area contributed by atoms with E-state index in [-0.39, 0.29) is 23.6 Å². The number of hydrogen-bond donors (Lipinski definition) is 0. The fourth-order valence-corrected chi connectivity index (χ4v) is 3.31. The minimum absolute atomic E-state index is 0.0773. The molecule has 3 rings (SSSR count). The predicted molar refractivity (Wildman–Crippen MR) is 95.5 cm³/mol. The van der Waals surface area contributed by atoms with Gasteiger partial charge in [-0.1, -0.05) is 36.4 Å². The molecule has 6 heteroatoms. The highest BCUT2D eigenvalue weighted by Gasteiger charge is 2.33. The molecular weight excluding hydrogens is 341 g/mol. The van der Waals surface area contributed by atoms with Gasteiger partial charge in [0.05, 0.1) is 4.91 Å². The monoisotopic (exact) mass is 357 g/mol. The topological polar surface area (TPSA) is 46.6 Å². The Hall–Kier alpha value is -2.60. The van der Waals surface area contributed by atoms with E-state index in [4.69, 9.17) is 4.74 Å². The highest BCUT2D eigenvalue weighted by Crippen LogP contribution is 2.33. The standard InChI is InChI=1S/C19H16FNO3S/c1-2-21-18(22)17(25-19(21)23)11-13-7-4-6-10-16(13)24-12-14-8-3-5-9-15(14)20/h3-11H,2,12H2,1H3/b17-11-. The number of imide groups is 1. The molecule has 4 nitrogen and oxygen atoms in total. The van der Waals surface area contributed by atoms with E-state index in [2.05, 4.69) is 0 Å². The van der Waals surface area contributed by atoms with Gasteiger partial charge in [-0.3, -0.25) is 14.5 Å². The van der Waals surface area contributed by atoms with Crippen molar-refractivity contribution >= 4 is 29.0 Å². The molecule has 25 heavy (non-hydrogen) atoms. The van der Waals surface area contributed by atoms with Gasteiger partial charge < -0.3 is 4.74 Å². The summed E-state index contributed by atoms with van der Waals surface area (Å²) in [6, 6.07) is 13.5. The molecule has 0 aliphatic carbocycles. The van der Waals surface area contributed by atoms with Crippen LogP contribution in [0.2, 0.25) is 0 Å². The summed E-state index contributed by atoms with van der Waals surface area (Å²) in [5, 5.41) is -0.275. The first-order valence-corrected chi connectivity index (χ1v) is 8.62. The largest absolute Gasteiger partial charge is 0.488 e. The molecule has 0 unspecified atom stereocenters. The first-order chi connectivity index (χ1) is 12.1. The van der Waals surface area contributed by atoms with Crippen LogP contribution in [0, 0.1) is 5.82 Å². The van der Waals surface area contributed by atoms with Crippen molar-refractivity contribution in [1.29, 1.82) is 0 Å². The normalized spacial score (nSPS) is 15.9. The third kappa shape index (κ3) is 3.74. The van der Waals surface area contributed by atoms with Crippen LogP contribution in [0.3, 0.4) is 0 Å². The first kappa shape index (κ1) is 17.2. The van der Waals surface area contributed by atoms with Crippen LogP contribution in [-0.2, 0) is 11.4 Å². The van der Waals surface area contributed by atoms with Crippen LogP contribution in [0.4, 0.5) is 9.18 Å². The van der Waals surface area contributed by atoms with E-state index < -0.39 is 0 Å². The molecule has 0 saturated carbocycles. The van der Waals surface area contributed by atoms with Crippen molar-refractivity contribution in [2.45, 2.75) is 13.5 Å². The average Bonchev–Trinajstić information content (AvgIpc) is 2.88. The lowest BCUT2D eigenvalue weighted by atomic mass is 10.1. The van der Waals surface area contributed by atoms with E-state index in [1.165, 1.54) is 11.0 Å². The van der Waals surface area contributed by atoms with Gasteiger partial charge in [0.1, 0.15) is 18.2 Å². The van der Waals surface area contributed by atoms with E-state index >= 15 is 0 Å². The molecule has 1 heterocycles. The predicted octanol–water partition coefficient (Wildman–Crippen LogP) is 4.46. The first-order valence-electron chi connectivity index (χ1n) is 7.80. The molecule has 0 spiro atoms. The zero-order valence-electron chi connectivity index (χ0n) is 13.6. The minimum Gasteiger partial charge on any atom is -0.488 e. The summed E-state index contributed by atoms with van der Waals surface area (Å²) in [7, 11) is 0. The van der Waals surface area contributed by atoms with Crippen LogP contribution in [0.25, 0.3) is 6.08 Å². The van der Waals surface area contributed by atoms with Crippen LogP contribution in [0.1, 0.15) is 18.1 Å². The lowest BCUT2D eigenvalue weighted by Crippen LogP contribution is -2.27. The molecule has 2 amide bonds. The summed E-state index contributed by atoms with van der Waals surface area (Å²) in [4.78, 5) is 25.6. The second-order valence-corrected chi connectivity index (χ2v) is 6.34. The van der Waals surface area contributed by atoms with Gasteiger partial charge in [-0.15, -0.1) is 0 Å². The van der Waals surface area contributed by atoms with Crippen LogP contribution >= 0.6 is 11.8 Å². The smallest absolute Gasteiger partial charge is 0.293 e. The number of hydrogen-bond acceptors (Lipinski definition) is 4. The summed E-state index contributed by atoms with van der Waals surface area (Å²) in [6.45, 7) is 2.17. The van der Waals surface area contributed by atoms with Crippen molar-refractivity contribution in [2.75, 3.05) is 6.54 Å². The summed E-state index contributed by atoms with van der Waals surface area (Å²) in [6.07, 6.45) is 1.64. The third-order valence-electron chi connectivity index (χ3n) is 3.74. The maximum Gasteiger partial charge on any atom is 0.293 e. The second kappa shape index (κ2) is 7.53. The van der Waals surface area contributed by atoms with Crippen LogP contribution in [-0.4, -0.2) is 22.6 Å². The lowest BCUT2D eigenvalue weighted by Gasteiger charge is -2.10. The molecule has 1 saturated heterocycles. The molecule has 0 atom stereocenters. The van der Waals surface area contributed by atoms with Crippen molar-refractivity contribution in [3.63, 3.8) is 0 Å². The number of benzene rings is 2. The Bertz CT molecular complexity index is 850. The van der Waals surface area contributed by atoms with Gasteiger partial charge in [0.15, 0.2) is 0 Å². The van der Waals surface area contributed by atoms with E-state index in [0.717, 1.165) is 11.8 Å². The molecule has 0 aromatic heterocycles. The van der Waals surface area contributed by atoms with Gasteiger partial charge in [0, 0.05) is 17.7 Å². The van der Waals surface area contributed by atoms with Gasteiger partial charge in [0.2, 0.25) is 0 Å². The van der Waals surface area contributed by atoms with Crippen molar-refractivity contribution in [3.8, 4) is 5.75 Å². The van der Waals surface area contributed by atoms with E-state index in [0.29, 0.717) is 28.3 Å². The Kier molecular flexibility index (Phi) is 5.19. The highest BCUT2D eigenvalue weighted by molar-refractivity contribution is 8.18. The van der Waals surface area contributed by atoms with Gasteiger partial charge in [-0.05, 0) is 36.9 Å². The number of para-hydroxylation sites is 1. The Morgan fingerprint density at radius 1 is 1.12 bits per heavy atom. The molecule has 2 aromatic rings. The Morgan fingerprint density at radius 3 is 2.56 bits per heavy atom. The van der Waals surface area contributed by atoms with Crippen LogP contribution in [0.5, 0.6) is 5.75 Å². The van der Waals surface area contributed by atoms with Crippen molar-refractivity contribution < 1.29 is 18.7 Å². The molecule has 128 valence electrons. The van der Waals surface area contributed by atoms with Gasteiger partial charge in [0.25, 0.3) is 11.1 Å². The number of amides is 2. The van der Waals surface area contributed by atoms with Gasteiger partial charge in [-0.2, -0.15) is 0 Å². The second-order valence-electron chi connectivity index (χ2n) is 5.34. The molecule has 1 aliphatic heterocycles. The quantitative estimate of drug-likeness (QED) is 0.741. The van der Waals surface area contributed by atoms with Crippen LogP contribution < -0.4 is 4.74 Å². The number of rotatable bonds is 5. The fraction of sp³-hybridized carbons (Fsp3) is 0.158. The maximum absolute atomic E-state index is 13.7. The maximum atomic E-state index is 13.7. The van der Waals surface area contributed by atoms with E-state index in [1.54, 1.807) is 49.4 Å². The van der Waals surface area contributed by atoms with Crippen molar-refractivity contribution in [1.82, 2.24) is 4.90 Å². The Balaban J connectivity index is 1.82. The highest BCUT2D eigenvalue weighted by atomic mass is 32.2. The molecule has 0 bridgehead atoms. The van der Waals surface area contributed by atoms with Crippen LogP contribution in [0.15, 0.2) is 53.4 Å². The van der Waals surface area contributed by atoms with Gasteiger partial charge >= 0.3 is 0 Å². The van der Waals surface area contributed by atoms with Gasteiger partial charge in [-0.25, -0.2) is 4.39 Å². The Morgan fingerprint density at radius 2 is 1.84 bits per heavy atom. The number of thioether (sulfide) groups is 1. The lowest BCUT2D eigenvalue weighted by molar-refractivity contribution is -0.122. The number of carbonyl (C=O) groups excluding carboxylic acids is 2. The summed E-state index contributed by atoms with van der Waals surface area (Å²) >= 11 is 0.910. The number of nitrogens with zero attached hydrogens (tertiary/aromatic N) is 1. The number of ether oxygens (including phenoxy) is 1. The summed E-state index contributed by atoms with van der Waals surface area (Å²) in [5.41, 5.74) is 1.11. The SMILES string of the molecule is CCN1C(=O)S/C(=C\c2ccccc2OCc2ccccc2F)C1=O. The number of carbonyl (C=O) groups is 2. The molecule has 0 radical (unpaired) electrons. The Labute approximate surface area is 149 Å². The summed E-state index contributed by atoms with van der Waals surface area (Å²) in [5.74, 6) is -0.112. The average molecular weight is 357 g/mol. The number of halogens is 1. The molecule has 1 fully saturated rings. The fourth-order valence-electron chi connectivity index (χ4n) is 2.42. The third-order valence-corrected chi connectivity index (χ3v) is 4.64. The summed E-state index contributed by atoms with van der Waals surface area (Å²) < 4.78 is 19.4. The molecular formula is C19H16FNO3S. The number of likely N-dealkylation sites (N-methyl/N-ethyl adjacent to an activating group) is 1. The molecule has 0 N–H and O–H groups in total.